The molecule has 0 spiro atoms. The molecular weight excluding hydrogens is 421 g/mol. The Balaban J connectivity index is 2.33. The molecule has 2 aromatic carbocycles. The number of nitrogens with zero attached hydrogens (tertiary/aromatic N) is 3. The highest BCUT2D eigenvalue weighted by Gasteiger charge is 2.33. The van der Waals surface area contributed by atoms with Crippen molar-refractivity contribution in [1.82, 2.24) is 4.90 Å². The van der Waals surface area contributed by atoms with Gasteiger partial charge in [0.1, 0.15) is 5.82 Å². The lowest BCUT2D eigenvalue weighted by Gasteiger charge is -2.33. The van der Waals surface area contributed by atoms with Crippen molar-refractivity contribution in [2.45, 2.75) is 26.0 Å². The number of carbonyl (C=O) groups is 1. The van der Waals surface area contributed by atoms with Crippen LogP contribution in [0.2, 0.25) is 5.02 Å². The minimum Gasteiger partial charge on any atom is -0.474 e. The molecule has 0 aliphatic carbocycles. The number of primary amides is 1. The maximum Gasteiger partial charge on any atom is 0.248 e. The maximum absolute atomic E-state index is 14.4. The van der Waals surface area contributed by atoms with Crippen LogP contribution in [0.25, 0.3) is 0 Å². The molecule has 0 unspecified atom stereocenters. The van der Waals surface area contributed by atoms with Gasteiger partial charge < -0.3 is 15.4 Å². The topological polar surface area (TPSA) is 80.3 Å². The fraction of sp³-hybridized carbons (Fsp3) is 0.250. The van der Waals surface area contributed by atoms with E-state index in [1.165, 1.54) is 30.9 Å². The largest absolute Gasteiger partial charge is 0.474 e. The Morgan fingerprint density at radius 2 is 1.80 bits per heavy atom. The van der Waals surface area contributed by atoms with Gasteiger partial charge in [0.2, 0.25) is 5.91 Å². The van der Waals surface area contributed by atoms with E-state index < -0.39 is 34.7 Å². The van der Waals surface area contributed by atoms with Crippen LogP contribution in [0.5, 0.6) is 5.75 Å². The van der Waals surface area contributed by atoms with Crippen LogP contribution >= 0.6 is 11.6 Å². The second-order valence-electron chi connectivity index (χ2n) is 6.90. The molecule has 2 aromatic rings. The van der Waals surface area contributed by atoms with Crippen molar-refractivity contribution in [3.05, 3.63) is 63.9 Å². The van der Waals surface area contributed by atoms with Crippen LogP contribution < -0.4 is 10.5 Å². The van der Waals surface area contributed by atoms with Gasteiger partial charge in [-0.25, -0.2) is 13.2 Å². The summed E-state index contributed by atoms with van der Waals surface area (Å²) in [7, 11) is 1.56. The Morgan fingerprint density at radius 1 is 1.20 bits per heavy atom. The highest BCUT2D eigenvalue weighted by atomic mass is 35.5. The number of carbonyl (C=O) groups excluding carboxylic acids is 1. The van der Waals surface area contributed by atoms with Crippen LogP contribution in [-0.4, -0.2) is 36.0 Å². The molecule has 0 aromatic heterocycles. The summed E-state index contributed by atoms with van der Waals surface area (Å²) in [6.07, 6.45) is 0. The zero-order valence-electron chi connectivity index (χ0n) is 16.5. The first-order chi connectivity index (χ1) is 14.0. The predicted molar refractivity (Wildman–Crippen MR) is 109 cm³/mol. The average Bonchev–Trinajstić information content (AvgIpc) is 2.64. The molecule has 0 fully saturated rings. The molecule has 0 saturated heterocycles. The van der Waals surface area contributed by atoms with Crippen molar-refractivity contribution in [2.24, 2.45) is 15.9 Å². The molecule has 0 saturated carbocycles. The average molecular weight is 441 g/mol. The molecule has 0 radical (unpaired) electrons. The number of benzene rings is 2. The molecule has 1 amide bonds. The van der Waals surface area contributed by atoms with Crippen LogP contribution in [-0.2, 0) is 6.54 Å². The van der Waals surface area contributed by atoms with Crippen molar-refractivity contribution >= 4 is 30.1 Å². The second kappa shape index (κ2) is 9.17. The quantitative estimate of drug-likeness (QED) is 0.399. The molecule has 30 heavy (non-hydrogen) atoms. The molecule has 2 N–H and O–H groups in total. The first-order valence-corrected chi connectivity index (χ1v) is 9.01. The normalized spacial score (nSPS) is 11.9. The summed E-state index contributed by atoms with van der Waals surface area (Å²) < 4.78 is 48.2. The Labute approximate surface area is 176 Å². The number of nitrogens with two attached hydrogens (primary N) is 1. The first kappa shape index (κ1) is 23.2. The van der Waals surface area contributed by atoms with E-state index in [9.17, 15) is 18.0 Å². The van der Waals surface area contributed by atoms with Crippen molar-refractivity contribution in [2.75, 3.05) is 7.05 Å². The van der Waals surface area contributed by atoms with Gasteiger partial charge >= 0.3 is 0 Å². The molecule has 0 aliphatic heterocycles. The number of hydrogen-bond donors (Lipinski definition) is 1. The lowest BCUT2D eigenvalue weighted by molar-refractivity contribution is 0.1000. The van der Waals surface area contributed by atoms with Gasteiger partial charge in [-0.1, -0.05) is 17.7 Å². The molecule has 160 valence electrons. The number of rotatable bonds is 7. The standard InChI is InChI=1S/C20H20ClF3N4O2/c1-20(2,30-17-15(23)8-13(21)9-16(17)24)19(27-26-3)28(4)10-12-6-5-11(18(25)29)7-14(12)22/h5-9H,3,10H2,1-2,4H3,(H2,25,29)/b27-19-. The zero-order chi connectivity index (χ0) is 22.6. The molecule has 10 heteroatoms. The monoisotopic (exact) mass is 440 g/mol. The molecule has 2 rings (SSSR count). The molecular formula is C20H20ClF3N4O2. The lowest BCUT2D eigenvalue weighted by atomic mass is 10.1. The highest BCUT2D eigenvalue weighted by Crippen LogP contribution is 2.30. The number of amidine groups is 1. The predicted octanol–water partition coefficient (Wildman–Crippen LogP) is 4.16. The van der Waals surface area contributed by atoms with E-state index in [1.807, 2.05) is 0 Å². The maximum atomic E-state index is 14.4. The number of ether oxygens (including phenoxy) is 1. The Hall–Kier alpha value is -3.07. The third-order valence-electron chi connectivity index (χ3n) is 4.13. The summed E-state index contributed by atoms with van der Waals surface area (Å²) >= 11 is 5.64. The third-order valence-corrected chi connectivity index (χ3v) is 4.35. The molecule has 6 nitrogen and oxygen atoms in total. The van der Waals surface area contributed by atoms with E-state index in [4.69, 9.17) is 22.1 Å². The van der Waals surface area contributed by atoms with Gasteiger partial charge in [0, 0.05) is 36.5 Å². The lowest BCUT2D eigenvalue weighted by Crippen LogP contribution is -2.47. The zero-order valence-corrected chi connectivity index (χ0v) is 17.3. The molecule has 0 atom stereocenters. The van der Waals surface area contributed by atoms with E-state index in [0.29, 0.717) is 0 Å². The number of hydrogen-bond acceptors (Lipinski definition) is 4. The van der Waals surface area contributed by atoms with E-state index in [2.05, 4.69) is 16.9 Å². The van der Waals surface area contributed by atoms with Crippen molar-refractivity contribution in [1.29, 1.82) is 0 Å². The number of amides is 1. The summed E-state index contributed by atoms with van der Waals surface area (Å²) in [5, 5.41) is 7.26. The molecule has 0 heterocycles. The summed E-state index contributed by atoms with van der Waals surface area (Å²) in [6.45, 7) is 6.29. The van der Waals surface area contributed by atoms with Gasteiger partial charge in [0.15, 0.2) is 28.8 Å². The number of halogens is 4. The van der Waals surface area contributed by atoms with Gasteiger partial charge in [0.05, 0.1) is 0 Å². The van der Waals surface area contributed by atoms with E-state index in [0.717, 1.165) is 18.2 Å². The van der Waals surface area contributed by atoms with Crippen LogP contribution in [0, 0.1) is 17.5 Å². The summed E-state index contributed by atoms with van der Waals surface area (Å²) in [6, 6.07) is 5.64. The van der Waals surface area contributed by atoms with E-state index in [1.54, 1.807) is 7.05 Å². The van der Waals surface area contributed by atoms with Crippen LogP contribution in [0.15, 0.2) is 40.5 Å². The Kier molecular flexibility index (Phi) is 7.09. The SMILES string of the molecule is C=N/N=C(\N(C)Cc1ccc(C(N)=O)cc1F)C(C)(C)Oc1c(F)cc(Cl)cc1F. The van der Waals surface area contributed by atoms with Crippen LogP contribution in [0.3, 0.4) is 0 Å². The van der Waals surface area contributed by atoms with Crippen molar-refractivity contribution in [3.63, 3.8) is 0 Å². The fourth-order valence-electron chi connectivity index (χ4n) is 2.81. The van der Waals surface area contributed by atoms with Crippen LogP contribution in [0.1, 0.15) is 29.8 Å². The minimum absolute atomic E-state index is 0.0163. The second-order valence-corrected chi connectivity index (χ2v) is 7.34. The molecule has 0 bridgehead atoms. The number of likely N-dealkylation sites (N-methyl/N-ethyl adjacent to an activating group) is 1. The summed E-state index contributed by atoms with van der Waals surface area (Å²) in [5.74, 6) is -3.92. The smallest absolute Gasteiger partial charge is 0.248 e. The highest BCUT2D eigenvalue weighted by molar-refractivity contribution is 6.30. The first-order valence-electron chi connectivity index (χ1n) is 8.63. The van der Waals surface area contributed by atoms with Gasteiger partial charge in [-0.05, 0) is 38.1 Å². The summed E-state index contributed by atoms with van der Waals surface area (Å²) in [5.41, 5.74) is 4.00. The molecule has 0 aliphatic rings. The third kappa shape index (κ3) is 5.29. The summed E-state index contributed by atoms with van der Waals surface area (Å²) in [4.78, 5) is 12.7. The van der Waals surface area contributed by atoms with E-state index >= 15 is 0 Å². The van der Waals surface area contributed by atoms with Gasteiger partial charge in [-0.2, -0.15) is 5.10 Å². The Morgan fingerprint density at radius 3 is 2.30 bits per heavy atom. The van der Waals surface area contributed by atoms with Crippen molar-refractivity contribution in [3.8, 4) is 5.75 Å². The Bertz CT molecular complexity index is 989. The van der Waals surface area contributed by atoms with Gasteiger partial charge in [-0.15, -0.1) is 5.10 Å². The van der Waals surface area contributed by atoms with E-state index in [-0.39, 0.29) is 28.5 Å². The van der Waals surface area contributed by atoms with Gasteiger partial charge in [-0.3, -0.25) is 4.79 Å². The van der Waals surface area contributed by atoms with Crippen LogP contribution in [0.4, 0.5) is 13.2 Å². The minimum atomic E-state index is -1.39. The van der Waals surface area contributed by atoms with Gasteiger partial charge in [0.25, 0.3) is 0 Å². The fourth-order valence-corrected chi connectivity index (χ4v) is 3.00. The van der Waals surface area contributed by atoms with Crippen molar-refractivity contribution < 1.29 is 22.7 Å².